The van der Waals surface area contributed by atoms with Crippen LogP contribution in [0.5, 0.6) is 0 Å². The van der Waals surface area contributed by atoms with E-state index in [0.29, 0.717) is 10.8 Å². The zero-order valence-corrected chi connectivity index (χ0v) is 12.2. The number of primary amides is 2. The molecule has 0 bridgehead atoms. The first-order chi connectivity index (χ1) is 8.99. The van der Waals surface area contributed by atoms with Gasteiger partial charge in [-0.25, -0.2) is 16.8 Å². The highest BCUT2D eigenvalue weighted by atomic mass is 32.2. The molecule has 10 heteroatoms. The summed E-state index contributed by atoms with van der Waals surface area (Å²) in [5, 5.41) is -2.24. The van der Waals surface area contributed by atoms with Crippen LogP contribution in [0.4, 0.5) is 0 Å². The van der Waals surface area contributed by atoms with Crippen LogP contribution in [-0.4, -0.2) is 39.1 Å². The van der Waals surface area contributed by atoms with Crippen LogP contribution in [0.25, 0.3) is 0 Å². The Hall–Kier alpha value is -1.68. The SMILES string of the molecule is C=CS(=O)(=O)C(CCC(C(N)=O)S(=O)(=O)C=C)C(N)=O. The molecule has 0 aromatic heterocycles. The average Bonchev–Trinajstić information content (AvgIpc) is 2.32. The lowest BCUT2D eigenvalue weighted by molar-refractivity contribution is -0.119. The van der Waals surface area contributed by atoms with Crippen LogP contribution in [0, 0.1) is 0 Å². The molecule has 0 saturated heterocycles. The first kappa shape index (κ1) is 18.3. The normalized spacial score (nSPS) is 15.0. The largest absolute Gasteiger partial charge is 0.369 e. The van der Waals surface area contributed by atoms with Gasteiger partial charge < -0.3 is 11.5 Å². The standard InChI is InChI=1S/C10H16N2O6S2/c1-3-19(15,16)7(9(11)13)5-6-8(10(12)14)20(17,18)4-2/h3-4,7-8H,1-2,5-6H2,(H2,11,13)(H2,12,14). The maximum absolute atomic E-state index is 11.5. The van der Waals surface area contributed by atoms with Crippen LogP contribution in [0.3, 0.4) is 0 Å². The molecule has 114 valence electrons. The third-order valence-corrected chi connectivity index (χ3v) is 6.04. The summed E-state index contributed by atoms with van der Waals surface area (Å²) in [6.45, 7) is 6.08. The van der Waals surface area contributed by atoms with Crippen molar-refractivity contribution >= 4 is 31.5 Å². The molecule has 0 spiro atoms. The summed E-state index contributed by atoms with van der Waals surface area (Å²) >= 11 is 0. The van der Waals surface area contributed by atoms with Gasteiger partial charge in [0.25, 0.3) is 0 Å². The molecule has 0 saturated carbocycles. The number of carbonyl (C=O) groups is 2. The quantitative estimate of drug-likeness (QED) is 0.531. The Bertz CT molecular complexity index is 564. The van der Waals surface area contributed by atoms with E-state index in [9.17, 15) is 26.4 Å². The van der Waals surface area contributed by atoms with Crippen molar-refractivity contribution in [2.45, 2.75) is 23.3 Å². The molecule has 0 fully saturated rings. The van der Waals surface area contributed by atoms with Gasteiger partial charge in [-0.15, -0.1) is 0 Å². The molecule has 0 heterocycles. The van der Waals surface area contributed by atoms with E-state index in [1.807, 2.05) is 0 Å². The van der Waals surface area contributed by atoms with Crippen molar-refractivity contribution in [2.75, 3.05) is 0 Å². The van der Waals surface area contributed by atoms with Gasteiger partial charge >= 0.3 is 0 Å². The fourth-order valence-electron chi connectivity index (χ4n) is 1.47. The number of sulfone groups is 2. The summed E-state index contributed by atoms with van der Waals surface area (Å²) < 4.78 is 46.2. The summed E-state index contributed by atoms with van der Waals surface area (Å²) in [6, 6.07) is 0. The van der Waals surface area contributed by atoms with E-state index in [1.165, 1.54) is 0 Å². The van der Waals surface area contributed by atoms with Crippen LogP contribution in [0.15, 0.2) is 24.0 Å². The third-order valence-electron chi connectivity index (χ3n) is 2.58. The number of rotatable bonds is 9. The second kappa shape index (κ2) is 6.66. The van der Waals surface area contributed by atoms with Crippen molar-refractivity contribution in [3.8, 4) is 0 Å². The van der Waals surface area contributed by atoms with Crippen molar-refractivity contribution in [3.05, 3.63) is 24.0 Å². The lowest BCUT2D eigenvalue weighted by Gasteiger charge is -2.15. The summed E-state index contributed by atoms with van der Waals surface area (Å²) in [4.78, 5) is 22.2. The summed E-state index contributed by atoms with van der Waals surface area (Å²) in [5.41, 5.74) is 9.90. The highest BCUT2D eigenvalue weighted by Crippen LogP contribution is 2.17. The van der Waals surface area contributed by atoms with E-state index >= 15 is 0 Å². The Balaban J connectivity index is 5.31. The highest BCUT2D eigenvalue weighted by Gasteiger charge is 2.34. The van der Waals surface area contributed by atoms with Gasteiger partial charge in [-0.1, -0.05) is 13.2 Å². The molecule has 0 rings (SSSR count). The van der Waals surface area contributed by atoms with Gasteiger partial charge in [0.05, 0.1) is 0 Å². The van der Waals surface area contributed by atoms with Crippen molar-refractivity contribution in [1.82, 2.24) is 0 Å². The Kier molecular flexibility index (Phi) is 6.10. The monoisotopic (exact) mass is 324 g/mol. The van der Waals surface area contributed by atoms with E-state index in [2.05, 4.69) is 13.2 Å². The molecule has 2 unspecified atom stereocenters. The van der Waals surface area contributed by atoms with E-state index in [4.69, 9.17) is 11.5 Å². The molecule has 2 amide bonds. The summed E-state index contributed by atoms with van der Waals surface area (Å²) in [5.74, 6) is -2.33. The molecule has 2 atom stereocenters. The second-order valence-corrected chi connectivity index (χ2v) is 8.03. The van der Waals surface area contributed by atoms with Crippen molar-refractivity contribution in [1.29, 1.82) is 0 Å². The molecule has 0 aliphatic heterocycles. The maximum atomic E-state index is 11.5. The lowest BCUT2D eigenvalue weighted by atomic mass is 10.1. The molecule has 0 radical (unpaired) electrons. The Morgan fingerprint density at radius 2 is 1.10 bits per heavy atom. The third kappa shape index (κ3) is 4.46. The Labute approximate surface area is 117 Å². The minimum Gasteiger partial charge on any atom is -0.369 e. The molecular weight excluding hydrogens is 308 g/mol. The smallest absolute Gasteiger partial charge is 0.236 e. The lowest BCUT2D eigenvalue weighted by Crippen LogP contribution is -2.39. The van der Waals surface area contributed by atoms with E-state index in [0.717, 1.165) is 0 Å². The minimum absolute atomic E-state index is 0.468. The molecule has 0 aromatic carbocycles. The molecule has 4 N–H and O–H groups in total. The highest BCUT2D eigenvalue weighted by molar-refractivity contribution is 7.96. The van der Waals surface area contributed by atoms with Crippen LogP contribution in [0.1, 0.15) is 12.8 Å². The molecule has 8 nitrogen and oxygen atoms in total. The van der Waals surface area contributed by atoms with Crippen LogP contribution >= 0.6 is 0 Å². The molecule has 0 aliphatic carbocycles. The molecule has 0 aromatic rings. The molecular formula is C10H16N2O6S2. The zero-order valence-electron chi connectivity index (χ0n) is 10.6. The number of carbonyl (C=O) groups excluding carboxylic acids is 2. The summed E-state index contributed by atoms with van der Waals surface area (Å²) in [7, 11) is -8.03. The van der Waals surface area contributed by atoms with Gasteiger partial charge in [0.15, 0.2) is 19.7 Å². The number of hydrogen-bond acceptors (Lipinski definition) is 6. The molecule has 0 aliphatic rings. The van der Waals surface area contributed by atoms with Crippen molar-refractivity contribution in [3.63, 3.8) is 0 Å². The van der Waals surface area contributed by atoms with Gasteiger partial charge in [0.1, 0.15) is 10.5 Å². The van der Waals surface area contributed by atoms with E-state index in [1.54, 1.807) is 0 Å². The first-order valence-corrected chi connectivity index (χ1v) is 8.52. The fraction of sp³-hybridized carbons (Fsp3) is 0.400. The predicted molar refractivity (Wildman–Crippen MR) is 73.4 cm³/mol. The van der Waals surface area contributed by atoms with E-state index in [-0.39, 0.29) is 0 Å². The average molecular weight is 324 g/mol. The van der Waals surface area contributed by atoms with Crippen LogP contribution in [0.2, 0.25) is 0 Å². The van der Waals surface area contributed by atoms with Crippen LogP contribution < -0.4 is 11.5 Å². The van der Waals surface area contributed by atoms with E-state index < -0.39 is 54.8 Å². The maximum Gasteiger partial charge on any atom is 0.236 e. The van der Waals surface area contributed by atoms with Crippen LogP contribution in [-0.2, 0) is 29.3 Å². The van der Waals surface area contributed by atoms with Gasteiger partial charge in [0.2, 0.25) is 11.8 Å². The predicted octanol–water partition coefficient (Wildman–Crippen LogP) is -1.41. The Morgan fingerprint density at radius 1 is 0.850 bits per heavy atom. The minimum atomic E-state index is -4.02. The van der Waals surface area contributed by atoms with Crippen molar-refractivity contribution in [2.24, 2.45) is 11.5 Å². The topological polar surface area (TPSA) is 154 Å². The fourth-order valence-corrected chi connectivity index (χ4v) is 3.51. The number of nitrogens with two attached hydrogens (primary N) is 2. The van der Waals surface area contributed by atoms with Gasteiger partial charge in [-0.05, 0) is 12.8 Å². The second-order valence-electron chi connectivity index (χ2n) is 3.87. The van der Waals surface area contributed by atoms with Gasteiger partial charge in [0, 0.05) is 10.8 Å². The molecule has 20 heavy (non-hydrogen) atoms. The summed E-state index contributed by atoms with van der Waals surface area (Å²) in [6.07, 6.45) is -0.936. The number of amides is 2. The van der Waals surface area contributed by atoms with Gasteiger partial charge in [-0.2, -0.15) is 0 Å². The van der Waals surface area contributed by atoms with Gasteiger partial charge in [-0.3, -0.25) is 9.59 Å². The number of hydrogen-bond donors (Lipinski definition) is 2. The van der Waals surface area contributed by atoms with Crippen molar-refractivity contribution < 1.29 is 26.4 Å². The zero-order chi connectivity index (χ0) is 16.1. The first-order valence-electron chi connectivity index (χ1n) is 5.31. The Morgan fingerprint density at radius 3 is 1.25 bits per heavy atom.